The molecule has 102 valence electrons. The van der Waals surface area contributed by atoms with Crippen LogP contribution in [-0.4, -0.2) is 45.4 Å². The molecule has 2 heterocycles. The van der Waals surface area contributed by atoms with Gasteiger partial charge in [-0.15, -0.1) is 0 Å². The molecule has 8 heteroatoms. The highest BCUT2D eigenvalue weighted by molar-refractivity contribution is 7.15. The van der Waals surface area contributed by atoms with Gasteiger partial charge in [0.05, 0.1) is 0 Å². The molecule has 1 N–H and O–H groups in total. The number of hydrogen-bond donors (Lipinski definition) is 1. The van der Waals surface area contributed by atoms with Gasteiger partial charge in [0.2, 0.25) is 5.82 Å². The van der Waals surface area contributed by atoms with E-state index in [0.717, 1.165) is 6.54 Å². The van der Waals surface area contributed by atoms with E-state index in [4.69, 9.17) is 0 Å². The Bertz CT molecular complexity index is 603. The number of anilines is 1. The Balaban J connectivity index is 1.70. The molecule has 0 amide bonds. The topological polar surface area (TPSA) is 75.7 Å². The molecule has 1 saturated carbocycles. The van der Waals surface area contributed by atoms with Gasteiger partial charge in [-0.3, -0.25) is 0 Å². The van der Waals surface area contributed by atoms with Crippen molar-refractivity contribution in [2.45, 2.75) is 18.9 Å². The maximum atomic E-state index is 11.1. The Kier molecular flexibility index (Phi) is 3.11. The predicted octanol–water partition coefficient (Wildman–Crippen LogP) is 1.81. The van der Waals surface area contributed by atoms with Gasteiger partial charge in [0, 0.05) is 24.5 Å². The number of aromatic nitrogens is 2. The number of rotatable bonds is 6. The van der Waals surface area contributed by atoms with Crippen LogP contribution >= 0.6 is 11.3 Å². The standard InChI is InChI=1S/C11H15N5O2S/c1-14(8-2-3-8)5-4-12-9-10(16(17)18)15-6-7-19-11(15)13-9/h6-8,12H,2-5H2,1H3. The molecule has 1 fully saturated rings. The molecule has 0 spiro atoms. The van der Waals surface area contributed by atoms with Crippen molar-refractivity contribution in [3.8, 4) is 0 Å². The monoisotopic (exact) mass is 281 g/mol. The summed E-state index contributed by atoms with van der Waals surface area (Å²) >= 11 is 1.39. The fourth-order valence-electron chi connectivity index (χ4n) is 2.12. The number of likely N-dealkylation sites (N-methyl/N-ethyl adjacent to an activating group) is 1. The Morgan fingerprint density at radius 1 is 1.68 bits per heavy atom. The number of thiazole rings is 1. The van der Waals surface area contributed by atoms with Gasteiger partial charge in [-0.2, -0.15) is 9.38 Å². The molecule has 0 bridgehead atoms. The SMILES string of the molecule is CN(CCNc1nc2sccn2c1[N+](=O)[O-])C1CC1. The summed E-state index contributed by atoms with van der Waals surface area (Å²) in [5, 5.41) is 16.0. The second-order valence-electron chi connectivity index (χ2n) is 4.74. The Hall–Kier alpha value is -1.67. The average molecular weight is 281 g/mol. The maximum Gasteiger partial charge on any atom is 0.372 e. The first kappa shape index (κ1) is 12.4. The second-order valence-corrected chi connectivity index (χ2v) is 5.61. The molecule has 0 aromatic carbocycles. The zero-order valence-corrected chi connectivity index (χ0v) is 11.4. The van der Waals surface area contributed by atoms with Crippen molar-refractivity contribution < 1.29 is 4.92 Å². The first-order chi connectivity index (χ1) is 9.16. The van der Waals surface area contributed by atoms with Crippen LogP contribution in [0.5, 0.6) is 0 Å². The fourth-order valence-corrected chi connectivity index (χ4v) is 2.82. The third-order valence-corrected chi connectivity index (χ3v) is 4.09. The van der Waals surface area contributed by atoms with Gasteiger partial charge >= 0.3 is 5.82 Å². The van der Waals surface area contributed by atoms with Crippen molar-refractivity contribution in [3.63, 3.8) is 0 Å². The van der Waals surface area contributed by atoms with Gasteiger partial charge in [0.25, 0.3) is 4.96 Å². The van der Waals surface area contributed by atoms with Gasteiger partial charge < -0.3 is 20.3 Å². The van der Waals surface area contributed by atoms with E-state index >= 15 is 0 Å². The lowest BCUT2D eigenvalue weighted by atomic mass is 10.5. The normalized spacial score (nSPS) is 15.3. The van der Waals surface area contributed by atoms with E-state index < -0.39 is 0 Å². The van der Waals surface area contributed by atoms with E-state index in [2.05, 4.69) is 22.2 Å². The first-order valence-electron chi connectivity index (χ1n) is 6.21. The lowest BCUT2D eigenvalue weighted by molar-refractivity contribution is -0.389. The van der Waals surface area contributed by atoms with E-state index in [1.807, 2.05) is 0 Å². The molecule has 0 aliphatic heterocycles. The summed E-state index contributed by atoms with van der Waals surface area (Å²) in [6.07, 6.45) is 4.19. The van der Waals surface area contributed by atoms with Crippen molar-refractivity contribution in [1.29, 1.82) is 0 Å². The maximum absolute atomic E-state index is 11.1. The minimum atomic E-state index is -0.389. The van der Waals surface area contributed by atoms with Crippen molar-refractivity contribution in [3.05, 3.63) is 21.7 Å². The van der Waals surface area contributed by atoms with Crippen molar-refractivity contribution in [1.82, 2.24) is 14.3 Å². The van der Waals surface area contributed by atoms with Gasteiger partial charge in [-0.05, 0) is 24.8 Å². The Morgan fingerprint density at radius 2 is 2.47 bits per heavy atom. The lowest BCUT2D eigenvalue weighted by Crippen LogP contribution is -2.27. The Labute approximate surface area is 114 Å². The zero-order chi connectivity index (χ0) is 13.4. The van der Waals surface area contributed by atoms with E-state index in [9.17, 15) is 10.1 Å². The van der Waals surface area contributed by atoms with E-state index in [-0.39, 0.29) is 10.7 Å². The third-order valence-electron chi connectivity index (χ3n) is 3.34. The Morgan fingerprint density at radius 3 is 3.16 bits per heavy atom. The molecule has 0 radical (unpaired) electrons. The third kappa shape index (κ3) is 2.41. The summed E-state index contributed by atoms with van der Waals surface area (Å²) in [6, 6.07) is 0.697. The quantitative estimate of drug-likeness (QED) is 0.645. The number of fused-ring (bicyclic) bond motifs is 1. The molecule has 7 nitrogen and oxygen atoms in total. The van der Waals surface area contributed by atoms with Gasteiger partial charge in [0.1, 0.15) is 6.20 Å². The number of nitro groups is 1. The van der Waals surface area contributed by atoms with Crippen LogP contribution in [0.3, 0.4) is 0 Å². The molecule has 0 saturated heterocycles. The minimum absolute atomic E-state index is 0.0188. The molecule has 1 aliphatic carbocycles. The van der Waals surface area contributed by atoms with Crippen LogP contribution in [-0.2, 0) is 0 Å². The predicted molar refractivity (Wildman–Crippen MR) is 73.9 cm³/mol. The molecular weight excluding hydrogens is 266 g/mol. The molecule has 1 aliphatic rings. The summed E-state index contributed by atoms with van der Waals surface area (Å²) in [6.45, 7) is 1.53. The first-order valence-corrected chi connectivity index (χ1v) is 7.09. The number of imidazole rings is 1. The molecule has 3 rings (SSSR count). The van der Waals surface area contributed by atoms with Crippen molar-refractivity contribution in [2.24, 2.45) is 0 Å². The molecule has 19 heavy (non-hydrogen) atoms. The van der Waals surface area contributed by atoms with Gasteiger partial charge in [0.15, 0.2) is 0 Å². The van der Waals surface area contributed by atoms with Crippen LogP contribution in [0, 0.1) is 10.1 Å². The van der Waals surface area contributed by atoms with Crippen molar-refractivity contribution in [2.75, 3.05) is 25.5 Å². The molecule has 0 unspecified atom stereocenters. The van der Waals surface area contributed by atoms with Gasteiger partial charge in [-0.25, -0.2) is 0 Å². The number of nitrogens with zero attached hydrogens (tertiary/aromatic N) is 4. The number of hydrogen-bond acceptors (Lipinski definition) is 6. The van der Waals surface area contributed by atoms with E-state index in [0.29, 0.717) is 23.4 Å². The highest BCUT2D eigenvalue weighted by Gasteiger charge is 2.26. The number of nitrogens with one attached hydrogen (secondary N) is 1. The summed E-state index contributed by atoms with van der Waals surface area (Å²) in [4.78, 5) is 17.9. The fraction of sp³-hybridized carbons (Fsp3) is 0.545. The summed E-state index contributed by atoms with van der Waals surface area (Å²) in [5.74, 6) is 0.381. The van der Waals surface area contributed by atoms with Crippen LogP contribution in [0.15, 0.2) is 11.6 Å². The van der Waals surface area contributed by atoms with Crippen LogP contribution in [0.2, 0.25) is 0 Å². The summed E-state index contributed by atoms with van der Waals surface area (Å²) in [5.41, 5.74) is 0. The average Bonchev–Trinajstić information content (AvgIpc) is 3.01. The van der Waals surface area contributed by atoms with Crippen LogP contribution in [0.4, 0.5) is 11.6 Å². The highest BCUT2D eigenvalue weighted by Crippen LogP contribution is 2.28. The zero-order valence-electron chi connectivity index (χ0n) is 10.6. The highest BCUT2D eigenvalue weighted by atomic mass is 32.1. The molecule has 2 aromatic heterocycles. The molecular formula is C11H15N5O2S. The minimum Gasteiger partial charge on any atom is -0.362 e. The van der Waals surface area contributed by atoms with Gasteiger partial charge in [-0.1, -0.05) is 11.3 Å². The summed E-state index contributed by atoms with van der Waals surface area (Å²) < 4.78 is 1.51. The van der Waals surface area contributed by atoms with E-state index in [1.165, 1.54) is 28.6 Å². The summed E-state index contributed by atoms with van der Waals surface area (Å²) in [7, 11) is 2.08. The van der Waals surface area contributed by atoms with Crippen LogP contribution < -0.4 is 5.32 Å². The smallest absolute Gasteiger partial charge is 0.362 e. The largest absolute Gasteiger partial charge is 0.372 e. The second kappa shape index (κ2) is 4.78. The lowest BCUT2D eigenvalue weighted by Gasteiger charge is -2.15. The van der Waals surface area contributed by atoms with Crippen molar-refractivity contribution >= 4 is 27.9 Å². The van der Waals surface area contributed by atoms with Crippen LogP contribution in [0.1, 0.15) is 12.8 Å². The molecule has 2 aromatic rings. The van der Waals surface area contributed by atoms with E-state index in [1.54, 1.807) is 11.6 Å². The van der Waals surface area contributed by atoms with Crippen LogP contribution in [0.25, 0.3) is 4.96 Å². The molecule has 0 atom stereocenters.